The van der Waals surface area contributed by atoms with Gasteiger partial charge in [-0.2, -0.15) is 0 Å². The molecule has 5 heteroatoms. The molecule has 2 heterocycles. The van der Waals surface area contributed by atoms with E-state index in [1.54, 1.807) is 18.5 Å². The van der Waals surface area contributed by atoms with Crippen LogP contribution in [0.15, 0.2) is 61.1 Å². The summed E-state index contributed by atoms with van der Waals surface area (Å²) in [4.78, 5) is 15.5. The molecule has 0 unspecified atom stereocenters. The van der Waals surface area contributed by atoms with Gasteiger partial charge in [0.1, 0.15) is 0 Å². The fourth-order valence-corrected chi connectivity index (χ4v) is 2.46. The van der Waals surface area contributed by atoms with Gasteiger partial charge in [0, 0.05) is 37.0 Å². The number of hydrogen-bond donors (Lipinski definition) is 2. The minimum atomic E-state index is 0.607. The van der Waals surface area contributed by atoms with Gasteiger partial charge in [-0.25, -0.2) is 0 Å². The normalized spacial score (nSPS) is 11.0. The monoisotopic (exact) mass is 304 g/mol. The number of rotatable bonds is 6. The van der Waals surface area contributed by atoms with Crippen LogP contribution in [0, 0.1) is 5.41 Å². The van der Waals surface area contributed by atoms with E-state index in [1.807, 2.05) is 47.2 Å². The molecule has 0 aliphatic carbocycles. The van der Waals surface area contributed by atoms with Crippen molar-refractivity contribution < 1.29 is 4.79 Å². The zero-order chi connectivity index (χ0) is 16.1. The van der Waals surface area contributed by atoms with Gasteiger partial charge in [-0.3, -0.25) is 9.78 Å². The topological polar surface area (TPSA) is 70.8 Å². The third-order valence-corrected chi connectivity index (χ3v) is 3.54. The molecule has 3 rings (SSSR count). The van der Waals surface area contributed by atoms with Crippen molar-refractivity contribution in [2.45, 2.75) is 6.54 Å². The molecular formula is C18H16N4O. The van der Waals surface area contributed by atoms with E-state index in [9.17, 15) is 4.79 Å². The number of pyridine rings is 1. The van der Waals surface area contributed by atoms with Crippen molar-refractivity contribution in [1.29, 1.82) is 5.41 Å². The zero-order valence-electron chi connectivity index (χ0n) is 12.4. The molecule has 0 aliphatic heterocycles. The molecule has 0 saturated heterocycles. The third-order valence-electron chi connectivity index (χ3n) is 3.54. The molecule has 23 heavy (non-hydrogen) atoms. The first-order valence-electron chi connectivity index (χ1n) is 7.22. The van der Waals surface area contributed by atoms with Gasteiger partial charge in [0.05, 0.1) is 16.6 Å². The zero-order valence-corrected chi connectivity index (χ0v) is 12.4. The number of fused-ring (bicyclic) bond motifs is 1. The highest BCUT2D eigenvalue weighted by molar-refractivity contribution is 5.94. The van der Waals surface area contributed by atoms with Crippen LogP contribution in [-0.4, -0.2) is 22.1 Å². The summed E-state index contributed by atoms with van der Waals surface area (Å²) in [5.74, 6) is 0. The Balaban J connectivity index is 1.83. The first kappa shape index (κ1) is 14.7. The second-order valence-electron chi connectivity index (χ2n) is 5.07. The summed E-state index contributed by atoms with van der Waals surface area (Å²) in [5.41, 5.74) is 4.38. The number of aromatic nitrogens is 2. The van der Waals surface area contributed by atoms with Crippen LogP contribution in [0.3, 0.4) is 0 Å². The van der Waals surface area contributed by atoms with E-state index in [0.717, 1.165) is 28.6 Å². The van der Waals surface area contributed by atoms with E-state index in [4.69, 9.17) is 5.41 Å². The van der Waals surface area contributed by atoms with Crippen LogP contribution in [0.2, 0.25) is 0 Å². The summed E-state index contributed by atoms with van der Waals surface area (Å²) in [7, 11) is 0. The maximum atomic E-state index is 11.2. The molecule has 0 atom stereocenters. The molecule has 0 spiro atoms. The Morgan fingerprint density at radius 1 is 1.22 bits per heavy atom. The van der Waals surface area contributed by atoms with Gasteiger partial charge < -0.3 is 15.3 Å². The standard InChI is InChI=1S/C18H16N4O/c19-8-2-10-20-16-6-4-14(5-7-16)11-22-12-15(13-23)18-17(22)3-1-9-21-18/h1-10,12-13,19-20H,11H2/b10-2-,19-8?. The van der Waals surface area contributed by atoms with Crippen LogP contribution in [0.1, 0.15) is 15.9 Å². The lowest BCUT2D eigenvalue weighted by Gasteiger charge is -2.07. The van der Waals surface area contributed by atoms with E-state index in [-0.39, 0.29) is 0 Å². The Kier molecular flexibility index (Phi) is 4.29. The number of allylic oxidation sites excluding steroid dienone is 1. The smallest absolute Gasteiger partial charge is 0.153 e. The van der Waals surface area contributed by atoms with E-state index in [0.29, 0.717) is 12.1 Å². The fraction of sp³-hybridized carbons (Fsp3) is 0.0556. The molecular weight excluding hydrogens is 288 g/mol. The lowest BCUT2D eigenvalue weighted by Crippen LogP contribution is -1.98. The minimum absolute atomic E-state index is 0.607. The highest BCUT2D eigenvalue weighted by Gasteiger charge is 2.08. The Morgan fingerprint density at radius 3 is 2.78 bits per heavy atom. The van der Waals surface area contributed by atoms with Crippen molar-refractivity contribution >= 4 is 29.2 Å². The summed E-state index contributed by atoms with van der Waals surface area (Å²) in [6, 6.07) is 11.9. The molecule has 2 N–H and O–H groups in total. The van der Waals surface area contributed by atoms with Crippen molar-refractivity contribution in [3.05, 3.63) is 72.2 Å². The van der Waals surface area contributed by atoms with Crippen LogP contribution in [0.5, 0.6) is 0 Å². The van der Waals surface area contributed by atoms with Crippen LogP contribution in [-0.2, 0) is 6.54 Å². The van der Waals surface area contributed by atoms with Gasteiger partial charge in [-0.1, -0.05) is 12.1 Å². The Hall–Kier alpha value is -3.21. The van der Waals surface area contributed by atoms with Gasteiger partial charge >= 0.3 is 0 Å². The molecule has 0 aliphatic rings. The number of carbonyl (C=O) groups is 1. The van der Waals surface area contributed by atoms with Crippen LogP contribution >= 0.6 is 0 Å². The number of carbonyl (C=O) groups excluding carboxylic acids is 1. The van der Waals surface area contributed by atoms with Crippen molar-refractivity contribution in [2.75, 3.05) is 5.32 Å². The Labute approximate surface area is 133 Å². The molecule has 5 nitrogen and oxygen atoms in total. The summed E-state index contributed by atoms with van der Waals surface area (Å²) >= 11 is 0. The number of benzene rings is 1. The Bertz CT molecular complexity index is 862. The molecule has 0 amide bonds. The van der Waals surface area contributed by atoms with E-state index in [1.165, 1.54) is 6.21 Å². The second-order valence-corrected chi connectivity index (χ2v) is 5.07. The summed E-state index contributed by atoms with van der Waals surface area (Å²) < 4.78 is 2.03. The maximum Gasteiger partial charge on any atom is 0.153 e. The highest BCUT2D eigenvalue weighted by Crippen LogP contribution is 2.19. The second kappa shape index (κ2) is 6.70. The van der Waals surface area contributed by atoms with Crippen molar-refractivity contribution in [3.63, 3.8) is 0 Å². The molecule has 0 saturated carbocycles. The lowest BCUT2D eigenvalue weighted by atomic mass is 10.2. The van der Waals surface area contributed by atoms with Gasteiger partial charge in [0.25, 0.3) is 0 Å². The quantitative estimate of drug-likeness (QED) is 0.541. The van der Waals surface area contributed by atoms with Gasteiger partial charge in [0.2, 0.25) is 0 Å². The lowest BCUT2D eigenvalue weighted by molar-refractivity contribution is 0.112. The largest absolute Gasteiger partial charge is 0.362 e. The van der Waals surface area contributed by atoms with Crippen LogP contribution in [0.25, 0.3) is 11.0 Å². The SMILES string of the molecule is N=C/C=C\Nc1ccc(Cn2cc(C=O)c3ncccc32)cc1. The molecule has 0 bridgehead atoms. The molecule has 114 valence electrons. The van der Waals surface area contributed by atoms with Gasteiger partial charge in [0.15, 0.2) is 6.29 Å². The average molecular weight is 304 g/mol. The average Bonchev–Trinajstić information content (AvgIpc) is 2.95. The first-order chi connectivity index (χ1) is 11.3. The minimum Gasteiger partial charge on any atom is -0.362 e. The third kappa shape index (κ3) is 3.18. The van der Waals surface area contributed by atoms with E-state index < -0.39 is 0 Å². The molecule has 0 radical (unpaired) electrons. The van der Waals surface area contributed by atoms with Gasteiger partial charge in [-0.05, 0) is 35.9 Å². The fourth-order valence-electron chi connectivity index (χ4n) is 2.46. The number of nitrogens with one attached hydrogen (secondary N) is 2. The Morgan fingerprint density at radius 2 is 2.04 bits per heavy atom. The predicted molar refractivity (Wildman–Crippen MR) is 92.2 cm³/mol. The van der Waals surface area contributed by atoms with Crippen molar-refractivity contribution in [3.8, 4) is 0 Å². The van der Waals surface area contributed by atoms with Gasteiger partial charge in [-0.15, -0.1) is 0 Å². The molecule has 1 aromatic carbocycles. The summed E-state index contributed by atoms with van der Waals surface area (Å²) in [6.45, 7) is 0.673. The summed E-state index contributed by atoms with van der Waals surface area (Å²) in [6.07, 6.45) is 8.93. The van der Waals surface area contributed by atoms with Crippen molar-refractivity contribution in [1.82, 2.24) is 9.55 Å². The first-order valence-corrected chi connectivity index (χ1v) is 7.22. The number of aldehydes is 1. The predicted octanol–water partition coefficient (Wildman–Crippen LogP) is 3.47. The van der Waals surface area contributed by atoms with Crippen molar-refractivity contribution in [2.24, 2.45) is 0 Å². The summed E-state index contributed by atoms with van der Waals surface area (Å²) in [5, 5.41) is 10.0. The number of nitrogens with zero attached hydrogens (tertiary/aromatic N) is 2. The molecule has 3 aromatic rings. The number of anilines is 1. The molecule has 0 fully saturated rings. The highest BCUT2D eigenvalue weighted by atomic mass is 16.1. The van der Waals surface area contributed by atoms with E-state index in [2.05, 4.69) is 10.3 Å². The number of hydrogen-bond acceptors (Lipinski definition) is 4. The van der Waals surface area contributed by atoms with E-state index >= 15 is 0 Å². The van der Waals surface area contributed by atoms with Crippen LogP contribution in [0.4, 0.5) is 5.69 Å². The van der Waals surface area contributed by atoms with Crippen LogP contribution < -0.4 is 5.32 Å². The molecule has 2 aromatic heterocycles. The maximum absolute atomic E-state index is 11.2.